The lowest BCUT2D eigenvalue weighted by Gasteiger charge is -2.14. The fourth-order valence-electron chi connectivity index (χ4n) is 3.36. The van der Waals surface area contributed by atoms with Gasteiger partial charge in [-0.2, -0.15) is 0 Å². The van der Waals surface area contributed by atoms with Crippen molar-refractivity contribution in [1.82, 2.24) is 25.1 Å². The number of nitrogens with one attached hydrogen (secondary N) is 1. The maximum absolute atomic E-state index is 12.5. The molecule has 1 aromatic carbocycles. The number of pyridine rings is 1. The zero-order valence-corrected chi connectivity index (χ0v) is 19.3. The third-order valence-corrected chi connectivity index (χ3v) is 5.95. The Bertz CT molecular complexity index is 943. The molecule has 0 radical (unpaired) electrons. The molecule has 164 valence electrons. The quantitative estimate of drug-likeness (QED) is 0.436. The van der Waals surface area contributed by atoms with Crippen LogP contribution in [0.15, 0.2) is 60.0 Å². The van der Waals surface area contributed by atoms with Gasteiger partial charge in [0.1, 0.15) is 0 Å². The van der Waals surface area contributed by atoms with E-state index in [9.17, 15) is 4.79 Å². The third kappa shape index (κ3) is 7.21. The molecule has 1 atom stereocenters. The lowest BCUT2D eigenvalue weighted by Crippen LogP contribution is -2.33. The van der Waals surface area contributed by atoms with E-state index in [0.717, 1.165) is 34.9 Å². The van der Waals surface area contributed by atoms with Crippen LogP contribution in [0, 0.1) is 5.92 Å². The van der Waals surface area contributed by atoms with Gasteiger partial charge in [0.15, 0.2) is 11.0 Å². The molecule has 2 aromatic heterocycles. The van der Waals surface area contributed by atoms with Gasteiger partial charge in [-0.25, -0.2) is 0 Å². The normalized spacial score (nSPS) is 12.1. The number of amides is 1. The van der Waals surface area contributed by atoms with Crippen molar-refractivity contribution in [2.45, 2.75) is 57.8 Å². The highest BCUT2D eigenvalue weighted by molar-refractivity contribution is 7.99. The zero-order chi connectivity index (χ0) is 22.1. The monoisotopic (exact) mass is 437 g/mol. The van der Waals surface area contributed by atoms with Gasteiger partial charge in [-0.15, -0.1) is 10.2 Å². The Morgan fingerprint density at radius 2 is 1.87 bits per heavy atom. The molecule has 0 aliphatic carbocycles. The minimum atomic E-state index is 0.0271. The molecule has 1 amide bonds. The Kier molecular flexibility index (Phi) is 8.64. The Labute approximate surface area is 188 Å². The highest BCUT2D eigenvalue weighted by atomic mass is 32.2. The SMILES string of the molecule is CC(C)CCCC(C)NC(=O)CSc1nnc(-c2cccnc2)n1Cc1ccccc1. The standard InChI is InChI=1S/C24H31N5OS/c1-18(2)9-7-10-19(3)26-22(30)17-31-24-28-27-23(21-13-8-14-25-15-21)29(24)16-20-11-5-4-6-12-20/h4-6,8,11-15,18-19H,7,9-10,16-17H2,1-3H3,(H,26,30). The Hall–Kier alpha value is -2.67. The first kappa shape index (κ1) is 23.0. The van der Waals surface area contributed by atoms with Crippen LogP contribution in [-0.4, -0.2) is 37.5 Å². The minimum Gasteiger partial charge on any atom is -0.353 e. The molecule has 0 spiro atoms. The van der Waals surface area contributed by atoms with E-state index in [4.69, 9.17) is 0 Å². The minimum absolute atomic E-state index is 0.0271. The van der Waals surface area contributed by atoms with Gasteiger partial charge in [0.2, 0.25) is 5.91 Å². The van der Waals surface area contributed by atoms with E-state index in [0.29, 0.717) is 18.2 Å². The first-order valence-electron chi connectivity index (χ1n) is 10.8. The van der Waals surface area contributed by atoms with Crippen molar-refractivity contribution in [2.24, 2.45) is 5.92 Å². The van der Waals surface area contributed by atoms with Crippen molar-refractivity contribution < 1.29 is 4.79 Å². The van der Waals surface area contributed by atoms with Crippen LogP contribution in [0.25, 0.3) is 11.4 Å². The summed E-state index contributed by atoms with van der Waals surface area (Å²) in [6.45, 7) is 7.16. The van der Waals surface area contributed by atoms with Crippen LogP contribution >= 0.6 is 11.8 Å². The van der Waals surface area contributed by atoms with E-state index >= 15 is 0 Å². The summed E-state index contributed by atoms with van der Waals surface area (Å²) in [5, 5.41) is 12.6. The lowest BCUT2D eigenvalue weighted by atomic mass is 10.0. The number of hydrogen-bond donors (Lipinski definition) is 1. The molecule has 0 aliphatic rings. The molecule has 7 heteroatoms. The Morgan fingerprint density at radius 3 is 2.58 bits per heavy atom. The van der Waals surface area contributed by atoms with Crippen LogP contribution in [0.2, 0.25) is 0 Å². The number of carbonyl (C=O) groups is 1. The van der Waals surface area contributed by atoms with Gasteiger partial charge >= 0.3 is 0 Å². The summed E-state index contributed by atoms with van der Waals surface area (Å²) < 4.78 is 2.05. The molecule has 0 fully saturated rings. The Balaban J connectivity index is 1.66. The van der Waals surface area contributed by atoms with Crippen LogP contribution in [0.5, 0.6) is 0 Å². The van der Waals surface area contributed by atoms with Gasteiger partial charge in [-0.3, -0.25) is 14.3 Å². The second kappa shape index (κ2) is 11.6. The molecule has 2 heterocycles. The molecule has 31 heavy (non-hydrogen) atoms. The summed E-state index contributed by atoms with van der Waals surface area (Å²) >= 11 is 1.42. The number of rotatable bonds is 11. The lowest BCUT2D eigenvalue weighted by molar-refractivity contribution is -0.119. The maximum Gasteiger partial charge on any atom is 0.230 e. The molecule has 0 bridgehead atoms. The zero-order valence-electron chi connectivity index (χ0n) is 18.5. The van der Waals surface area contributed by atoms with Crippen molar-refractivity contribution in [3.63, 3.8) is 0 Å². The van der Waals surface area contributed by atoms with Gasteiger partial charge in [0, 0.05) is 24.0 Å². The van der Waals surface area contributed by atoms with E-state index in [1.54, 1.807) is 12.4 Å². The molecule has 1 N–H and O–H groups in total. The van der Waals surface area contributed by atoms with E-state index in [2.05, 4.69) is 58.0 Å². The van der Waals surface area contributed by atoms with E-state index in [1.165, 1.54) is 18.2 Å². The van der Waals surface area contributed by atoms with Crippen LogP contribution < -0.4 is 5.32 Å². The largest absolute Gasteiger partial charge is 0.353 e. The first-order valence-corrected chi connectivity index (χ1v) is 11.8. The molecule has 0 saturated heterocycles. The van der Waals surface area contributed by atoms with Gasteiger partial charge in [-0.1, -0.05) is 68.8 Å². The van der Waals surface area contributed by atoms with Crippen LogP contribution in [0.3, 0.4) is 0 Å². The average Bonchev–Trinajstić information content (AvgIpc) is 3.15. The van der Waals surface area contributed by atoms with Gasteiger partial charge in [0.05, 0.1) is 12.3 Å². The summed E-state index contributed by atoms with van der Waals surface area (Å²) in [7, 11) is 0. The summed E-state index contributed by atoms with van der Waals surface area (Å²) in [6.07, 6.45) is 6.85. The molecule has 0 aliphatic heterocycles. The number of hydrogen-bond acceptors (Lipinski definition) is 5. The summed E-state index contributed by atoms with van der Waals surface area (Å²) in [6, 6.07) is 14.2. The second-order valence-electron chi connectivity index (χ2n) is 8.20. The van der Waals surface area contributed by atoms with Crippen molar-refractivity contribution in [2.75, 3.05) is 5.75 Å². The third-order valence-electron chi connectivity index (χ3n) is 4.98. The first-order chi connectivity index (χ1) is 15.0. The van der Waals surface area contributed by atoms with Crippen molar-refractivity contribution in [3.8, 4) is 11.4 Å². The molecular weight excluding hydrogens is 406 g/mol. The van der Waals surface area contributed by atoms with E-state index in [1.807, 2.05) is 30.3 Å². The van der Waals surface area contributed by atoms with Gasteiger partial charge < -0.3 is 5.32 Å². The van der Waals surface area contributed by atoms with Crippen molar-refractivity contribution in [3.05, 3.63) is 60.4 Å². The molecule has 0 saturated carbocycles. The molecule has 6 nitrogen and oxygen atoms in total. The number of nitrogens with zero attached hydrogens (tertiary/aromatic N) is 4. The van der Waals surface area contributed by atoms with Crippen molar-refractivity contribution >= 4 is 17.7 Å². The predicted molar refractivity (Wildman–Crippen MR) is 126 cm³/mol. The smallest absolute Gasteiger partial charge is 0.230 e. The number of thioether (sulfide) groups is 1. The fourth-order valence-corrected chi connectivity index (χ4v) is 4.11. The number of aromatic nitrogens is 4. The summed E-state index contributed by atoms with van der Waals surface area (Å²) in [5.74, 6) is 1.79. The highest BCUT2D eigenvalue weighted by Crippen LogP contribution is 2.24. The molecule has 3 aromatic rings. The topological polar surface area (TPSA) is 72.7 Å². The molecule has 1 unspecified atom stereocenters. The van der Waals surface area contributed by atoms with Crippen molar-refractivity contribution in [1.29, 1.82) is 0 Å². The summed E-state index contributed by atoms with van der Waals surface area (Å²) in [4.78, 5) is 16.7. The van der Waals surface area contributed by atoms with E-state index in [-0.39, 0.29) is 11.9 Å². The Morgan fingerprint density at radius 1 is 1.06 bits per heavy atom. The van der Waals surface area contributed by atoms with Crippen LogP contribution in [0.1, 0.15) is 45.6 Å². The average molecular weight is 438 g/mol. The number of carbonyl (C=O) groups excluding carboxylic acids is 1. The van der Waals surface area contributed by atoms with Crippen LogP contribution in [0.4, 0.5) is 0 Å². The van der Waals surface area contributed by atoms with Gasteiger partial charge in [-0.05, 0) is 37.0 Å². The maximum atomic E-state index is 12.5. The van der Waals surface area contributed by atoms with Gasteiger partial charge in [0.25, 0.3) is 0 Å². The highest BCUT2D eigenvalue weighted by Gasteiger charge is 2.17. The van der Waals surface area contributed by atoms with E-state index < -0.39 is 0 Å². The van der Waals surface area contributed by atoms with Crippen LogP contribution in [-0.2, 0) is 11.3 Å². The summed E-state index contributed by atoms with van der Waals surface area (Å²) in [5.41, 5.74) is 2.05. The fraction of sp³-hybridized carbons (Fsp3) is 0.417. The molecule has 3 rings (SSSR count). The number of benzene rings is 1. The second-order valence-corrected chi connectivity index (χ2v) is 9.14. The molecular formula is C24H31N5OS. The predicted octanol–water partition coefficient (Wildman–Crippen LogP) is 4.81.